The van der Waals surface area contributed by atoms with Gasteiger partial charge in [-0.2, -0.15) is 13.2 Å². The van der Waals surface area contributed by atoms with Gasteiger partial charge in [0.15, 0.2) is 0 Å². The van der Waals surface area contributed by atoms with Gasteiger partial charge >= 0.3 is 35.9 Å². The van der Waals surface area contributed by atoms with Crippen LogP contribution < -0.4 is 35.3 Å². The first kappa shape index (κ1) is 9.89. The zero-order valence-electron chi connectivity index (χ0n) is 4.21. The summed E-state index contributed by atoms with van der Waals surface area (Å²) in [5, 5.41) is 0. The second-order valence-corrected chi connectivity index (χ2v) is 0.542. The molecule has 0 rings (SSSR count). The summed E-state index contributed by atoms with van der Waals surface area (Å²) in [7, 11) is 0. The van der Waals surface area contributed by atoms with E-state index in [0.29, 0.717) is 0 Å². The van der Waals surface area contributed by atoms with E-state index in [0.717, 1.165) is 0 Å². The normalized spacial score (nSPS) is 10.0. The SMILES string of the molecule is NC(F)(F)F.[H-].[Na+]. The smallest absolute Gasteiger partial charge is 1.00 e. The summed E-state index contributed by atoms with van der Waals surface area (Å²) in [6.45, 7) is 0. The molecule has 0 aliphatic rings. The van der Waals surface area contributed by atoms with Crippen LogP contribution in [-0.2, 0) is 0 Å². The van der Waals surface area contributed by atoms with Gasteiger partial charge in [-0.15, -0.1) is 0 Å². The van der Waals surface area contributed by atoms with Gasteiger partial charge in [-0.3, -0.25) is 0 Å². The van der Waals surface area contributed by atoms with Gasteiger partial charge in [0.2, 0.25) is 0 Å². The molecule has 2 N–H and O–H groups in total. The Hall–Kier alpha value is 0.750. The third kappa shape index (κ3) is 119. The first-order valence-electron chi connectivity index (χ1n) is 0.856. The Balaban J connectivity index is -0.0000000800. The number of hydrogen-bond acceptors (Lipinski definition) is 1. The van der Waals surface area contributed by atoms with Crippen LogP contribution in [0.15, 0.2) is 0 Å². The average Bonchev–Trinajstić information content (AvgIpc) is 0.722. The molecule has 0 saturated heterocycles. The minimum absolute atomic E-state index is 0. The van der Waals surface area contributed by atoms with Gasteiger partial charge in [0.05, 0.1) is 0 Å². The maximum absolute atomic E-state index is 10.1. The molecule has 0 aromatic carbocycles. The molecule has 0 aliphatic carbocycles. The minimum atomic E-state index is -4.50. The van der Waals surface area contributed by atoms with Crippen LogP contribution in [0.4, 0.5) is 13.2 Å². The van der Waals surface area contributed by atoms with Crippen molar-refractivity contribution in [3.8, 4) is 0 Å². The average molecular weight is 109 g/mol. The summed E-state index contributed by atoms with van der Waals surface area (Å²) < 4.78 is 30.4. The monoisotopic (exact) mass is 109 g/mol. The van der Waals surface area contributed by atoms with Gasteiger partial charge in [-0.25, -0.2) is 5.73 Å². The Bertz CT molecular complexity index is 30.4. The Labute approximate surface area is 56.5 Å². The van der Waals surface area contributed by atoms with E-state index in [1.54, 1.807) is 0 Å². The molecule has 0 amide bonds. The van der Waals surface area contributed by atoms with Crippen molar-refractivity contribution in [2.75, 3.05) is 0 Å². The van der Waals surface area contributed by atoms with Gasteiger partial charge in [-0.1, -0.05) is 0 Å². The van der Waals surface area contributed by atoms with Crippen molar-refractivity contribution in [1.82, 2.24) is 0 Å². The number of hydrogen-bond donors (Lipinski definition) is 1. The van der Waals surface area contributed by atoms with E-state index < -0.39 is 6.30 Å². The predicted octanol–water partition coefficient (Wildman–Crippen LogP) is -2.42. The minimum Gasteiger partial charge on any atom is -1.00 e. The predicted molar refractivity (Wildman–Crippen MR) is 11.4 cm³/mol. The van der Waals surface area contributed by atoms with Crippen LogP contribution in [0.2, 0.25) is 0 Å². The first-order chi connectivity index (χ1) is 2.00. The van der Waals surface area contributed by atoms with Crippen LogP contribution in [0.25, 0.3) is 0 Å². The molecule has 5 heteroatoms. The van der Waals surface area contributed by atoms with Crippen molar-refractivity contribution >= 4 is 0 Å². The van der Waals surface area contributed by atoms with Gasteiger partial charge in [0.25, 0.3) is 0 Å². The van der Waals surface area contributed by atoms with Crippen molar-refractivity contribution in [3.63, 3.8) is 0 Å². The zero-order valence-corrected chi connectivity index (χ0v) is 5.21. The summed E-state index contributed by atoms with van der Waals surface area (Å²) >= 11 is 0. The van der Waals surface area contributed by atoms with Crippen molar-refractivity contribution < 1.29 is 44.2 Å². The third-order valence-electron chi connectivity index (χ3n) is 0. The van der Waals surface area contributed by atoms with Gasteiger partial charge in [0.1, 0.15) is 0 Å². The number of alkyl halides is 3. The van der Waals surface area contributed by atoms with E-state index in [2.05, 4.69) is 5.73 Å². The Morgan fingerprint density at radius 1 is 1.33 bits per heavy atom. The summed E-state index contributed by atoms with van der Waals surface area (Å²) in [5.41, 5.74) is 3.35. The molecule has 0 fully saturated rings. The molecule has 0 heterocycles. The van der Waals surface area contributed by atoms with E-state index in [9.17, 15) is 13.2 Å². The first-order valence-corrected chi connectivity index (χ1v) is 0.856. The van der Waals surface area contributed by atoms with Crippen LogP contribution in [0, 0.1) is 0 Å². The molecule has 0 saturated carbocycles. The van der Waals surface area contributed by atoms with E-state index in [-0.39, 0.29) is 31.0 Å². The standard InChI is InChI=1S/CH2F3N.Na.H/c2-1(3,4)5;;/h5H2;;/q;+1;-1. The van der Waals surface area contributed by atoms with Gasteiger partial charge in [-0.05, 0) is 0 Å². The van der Waals surface area contributed by atoms with Crippen molar-refractivity contribution in [2.45, 2.75) is 6.30 Å². The van der Waals surface area contributed by atoms with Gasteiger partial charge in [0, 0.05) is 0 Å². The molecular weight excluding hydrogens is 106 g/mol. The molecule has 0 bridgehead atoms. The fourth-order valence-corrected chi connectivity index (χ4v) is 0. The summed E-state index contributed by atoms with van der Waals surface area (Å²) in [4.78, 5) is 0. The molecule has 0 aromatic rings. The maximum Gasteiger partial charge on any atom is 1.00 e. The number of nitrogens with two attached hydrogens (primary N) is 1. The van der Waals surface area contributed by atoms with Crippen LogP contribution in [0.1, 0.15) is 1.43 Å². The second kappa shape index (κ2) is 2.85. The largest absolute Gasteiger partial charge is 1.00 e. The molecule has 0 unspecified atom stereocenters. The fourth-order valence-electron chi connectivity index (χ4n) is 0. The van der Waals surface area contributed by atoms with Crippen LogP contribution in [-0.4, -0.2) is 6.30 Å². The molecule has 1 nitrogen and oxygen atoms in total. The summed E-state index contributed by atoms with van der Waals surface area (Å²) in [6, 6.07) is 0. The molecule has 6 heavy (non-hydrogen) atoms. The third-order valence-corrected chi connectivity index (χ3v) is 0. The molecule has 0 radical (unpaired) electrons. The Morgan fingerprint density at radius 2 is 1.33 bits per heavy atom. The molecule has 0 spiro atoms. The van der Waals surface area contributed by atoms with E-state index in [1.807, 2.05) is 0 Å². The zero-order chi connectivity index (χ0) is 4.50. The van der Waals surface area contributed by atoms with Crippen LogP contribution >= 0.6 is 0 Å². The maximum atomic E-state index is 10.1. The second-order valence-electron chi connectivity index (χ2n) is 0.542. The van der Waals surface area contributed by atoms with E-state index in [4.69, 9.17) is 0 Å². The molecular formula is CH3F3NNa. The Morgan fingerprint density at radius 3 is 1.33 bits per heavy atom. The quantitative estimate of drug-likeness (QED) is 0.272. The van der Waals surface area contributed by atoms with E-state index >= 15 is 0 Å². The van der Waals surface area contributed by atoms with Crippen LogP contribution in [0.3, 0.4) is 0 Å². The summed E-state index contributed by atoms with van der Waals surface area (Å²) in [5.74, 6) is 0. The van der Waals surface area contributed by atoms with E-state index in [1.165, 1.54) is 0 Å². The van der Waals surface area contributed by atoms with Crippen molar-refractivity contribution in [3.05, 3.63) is 0 Å². The fraction of sp³-hybridized carbons (Fsp3) is 1.00. The number of halogens is 3. The van der Waals surface area contributed by atoms with Crippen molar-refractivity contribution in [2.24, 2.45) is 5.73 Å². The van der Waals surface area contributed by atoms with Crippen LogP contribution in [0.5, 0.6) is 0 Å². The number of rotatable bonds is 0. The molecule has 0 aromatic heterocycles. The molecule has 0 atom stereocenters. The van der Waals surface area contributed by atoms with Crippen molar-refractivity contribution in [1.29, 1.82) is 0 Å². The van der Waals surface area contributed by atoms with Gasteiger partial charge < -0.3 is 1.43 Å². The molecule has 34 valence electrons. The Kier molecular flexibility index (Phi) is 4.69. The molecule has 0 aliphatic heterocycles. The summed E-state index contributed by atoms with van der Waals surface area (Å²) in [6.07, 6.45) is -4.50. The topological polar surface area (TPSA) is 26.0 Å².